The number of hydrogen-bond acceptors (Lipinski definition) is 5. The van der Waals surface area contributed by atoms with E-state index in [1.165, 1.54) is 0 Å². The van der Waals surface area contributed by atoms with Crippen LogP contribution >= 0.6 is 0 Å². The van der Waals surface area contributed by atoms with Gasteiger partial charge < -0.3 is 0 Å². The van der Waals surface area contributed by atoms with Gasteiger partial charge in [-0.3, -0.25) is 14.1 Å². The number of imidazole rings is 1. The van der Waals surface area contributed by atoms with E-state index in [4.69, 9.17) is 0 Å². The summed E-state index contributed by atoms with van der Waals surface area (Å²) in [6, 6.07) is 20.2. The van der Waals surface area contributed by atoms with Gasteiger partial charge in [0.05, 0.1) is 12.2 Å². The van der Waals surface area contributed by atoms with Crippen LogP contribution in [0.1, 0.15) is 37.1 Å². The number of hydrogen-bond donors (Lipinski definition) is 1. The Hall–Kier alpha value is -4.33. The lowest BCUT2D eigenvalue weighted by Gasteiger charge is -2.10. The number of tetrazole rings is 1. The Kier molecular flexibility index (Phi) is 6.34. The van der Waals surface area contributed by atoms with Gasteiger partial charge in [0.2, 0.25) is 5.82 Å². The van der Waals surface area contributed by atoms with Crippen molar-refractivity contribution in [1.82, 2.24) is 34.7 Å². The molecule has 0 fully saturated rings. The number of rotatable bonds is 8. The fourth-order valence-corrected chi connectivity index (χ4v) is 4.42. The van der Waals surface area contributed by atoms with Crippen molar-refractivity contribution in [3.8, 4) is 28.3 Å². The second-order valence-corrected chi connectivity index (χ2v) is 8.42. The lowest BCUT2D eigenvalue weighted by atomic mass is 10.0. The second-order valence-electron chi connectivity index (χ2n) is 8.42. The SMILES string of the molecule is CCCc1cn(-c2ccccc2CC)c(=O)n1Cc1ccc(-c2cccnc2-c2nn[nH]n2)cc1. The summed E-state index contributed by atoms with van der Waals surface area (Å²) in [6.45, 7) is 4.76. The first kappa shape index (κ1) is 22.5. The number of pyridine rings is 1. The molecule has 0 unspecified atom stereocenters. The molecule has 0 aliphatic heterocycles. The molecule has 35 heavy (non-hydrogen) atoms. The molecule has 0 aliphatic carbocycles. The van der Waals surface area contributed by atoms with Gasteiger partial charge in [0.25, 0.3) is 0 Å². The lowest BCUT2D eigenvalue weighted by molar-refractivity contribution is 0.691. The molecule has 8 nitrogen and oxygen atoms in total. The van der Waals surface area contributed by atoms with Crippen molar-refractivity contribution in [3.63, 3.8) is 0 Å². The molecule has 3 aromatic heterocycles. The van der Waals surface area contributed by atoms with E-state index in [0.29, 0.717) is 18.1 Å². The predicted octanol–water partition coefficient (Wildman–Crippen LogP) is 4.44. The van der Waals surface area contributed by atoms with Crippen molar-refractivity contribution in [2.45, 2.75) is 39.7 Å². The van der Waals surface area contributed by atoms with Crippen LogP contribution < -0.4 is 5.69 Å². The van der Waals surface area contributed by atoms with Gasteiger partial charge in [-0.2, -0.15) is 5.21 Å². The van der Waals surface area contributed by atoms with Crippen molar-refractivity contribution in [2.24, 2.45) is 0 Å². The molecule has 5 aromatic rings. The van der Waals surface area contributed by atoms with E-state index in [0.717, 1.165) is 52.9 Å². The van der Waals surface area contributed by atoms with Crippen molar-refractivity contribution in [2.75, 3.05) is 0 Å². The maximum Gasteiger partial charge on any atom is 0.333 e. The maximum atomic E-state index is 13.5. The third-order valence-corrected chi connectivity index (χ3v) is 6.17. The number of aryl methyl sites for hydroxylation is 2. The van der Waals surface area contributed by atoms with E-state index in [1.54, 1.807) is 10.8 Å². The van der Waals surface area contributed by atoms with E-state index in [9.17, 15) is 4.79 Å². The molecule has 0 saturated carbocycles. The number of benzene rings is 2. The second kappa shape index (κ2) is 9.89. The molecule has 0 aliphatic rings. The summed E-state index contributed by atoms with van der Waals surface area (Å²) in [7, 11) is 0. The van der Waals surface area contributed by atoms with Gasteiger partial charge in [0.1, 0.15) is 5.69 Å². The average Bonchev–Trinajstić information content (AvgIpc) is 3.54. The fraction of sp³-hybridized carbons (Fsp3) is 0.222. The highest BCUT2D eigenvalue weighted by Crippen LogP contribution is 2.28. The minimum Gasteiger partial charge on any atom is -0.292 e. The molecule has 0 amide bonds. The standard InChI is InChI=1S/C27H27N7O/c1-3-8-22-18-34(24-11-6-5-9-20(24)4-2)27(35)33(22)17-19-12-14-21(15-13-19)23-10-7-16-28-25(23)26-29-31-32-30-26/h5-7,9-16,18H,3-4,8,17H2,1-2H3,(H,29,30,31,32). The van der Waals surface area contributed by atoms with E-state index < -0.39 is 0 Å². The lowest BCUT2D eigenvalue weighted by Crippen LogP contribution is -2.25. The topological polar surface area (TPSA) is 94.3 Å². The van der Waals surface area contributed by atoms with Crippen LogP contribution in [-0.4, -0.2) is 34.7 Å². The first-order chi connectivity index (χ1) is 17.2. The molecule has 0 saturated heterocycles. The van der Waals surface area contributed by atoms with Crippen LogP contribution in [0.2, 0.25) is 0 Å². The first-order valence-corrected chi connectivity index (χ1v) is 11.9. The number of para-hydroxylation sites is 1. The number of aromatic amines is 1. The Morgan fingerprint density at radius 1 is 0.971 bits per heavy atom. The van der Waals surface area contributed by atoms with Gasteiger partial charge in [0, 0.05) is 23.7 Å². The zero-order chi connectivity index (χ0) is 24.2. The smallest absolute Gasteiger partial charge is 0.292 e. The normalized spacial score (nSPS) is 11.1. The molecule has 5 rings (SSSR count). The Morgan fingerprint density at radius 2 is 1.80 bits per heavy atom. The van der Waals surface area contributed by atoms with Crippen LogP contribution in [0, 0.1) is 0 Å². The molecule has 2 aromatic carbocycles. The molecule has 3 heterocycles. The molecule has 0 atom stereocenters. The van der Waals surface area contributed by atoms with Crippen LogP contribution in [0.15, 0.2) is 77.9 Å². The van der Waals surface area contributed by atoms with E-state index in [-0.39, 0.29) is 5.69 Å². The molecule has 0 bridgehead atoms. The fourth-order valence-electron chi connectivity index (χ4n) is 4.42. The van der Waals surface area contributed by atoms with Gasteiger partial charge in [0.15, 0.2) is 0 Å². The van der Waals surface area contributed by atoms with Crippen molar-refractivity contribution < 1.29 is 0 Å². The molecule has 1 N–H and O–H groups in total. The summed E-state index contributed by atoms with van der Waals surface area (Å²) in [6.07, 6.45) is 6.41. The maximum absolute atomic E-state index is 13.5. The van der Waals surface area contributed by atoms with E-state index in [1.807, 2.05) is 53.2 Å². The third-order valence-electron chi connectivity index (χ3n) is 6.17. The summed E-state index contributed by atoms with van der Waals surface area (Å²) in [5.41, 5.74) is 6.79. The quantitative estimate of drug-likeness (QED) is 0.366. The molecular formula is C27H27N7O. The average molecular weight is 466 g/mol. The van der Waals surface area contributed by atoms with Gasteiger partial charge in [-0.1, -0.05) is 68.8 Å². The highest BCUT2D eigenvalue weighted by atomic mass is 16.1. The summed E-state index contributed by atoms with van der Waals surface area (Å²) in [4.78, 5) is 17.9. The van der Waals surface area contributed by atoms with Crippen LogP contribution in [-0.2, 0) is 19.4 Å². The number of H-pyrrole nitrogens is 1. The number of nitrogens with one attached hydrogen (secondary N) is 1. The molecule has 176 valence electrons. The summed E-state index contributed by atoms with van der Waals surface area (Å²) in [5.74, 6) is 0.453. The number of nitrogens with zero attached hydrogens (tertiary/aromatic N) is 6. The molecule has 0 spiro atoms. The highest BCUT2D eigenvalue weighted by Gasteiger charge is 2.15. The van der Waals surface area contributed by atoms with Crippen molar-refractivity contribution in [1.29, 1.82) is 0 Å². The predicted molar refractivity (Wildman–Crippen MR) is 135 cm³/mol. The van der Waals surface area contributed by atoms with Gasteiger partial charge >= 0.3 is 5.69 Å². The minimum atomic E-state index is -0.00919. The monoisotopic (exact) mass is 465 g/mol. The largest absolute Gasteiger partial charge is 0.333 e. The van der Waals surface area contributed by atoms with E-state index in [2.05, 4.69) is 57.7 Å². The van der Waals surface area contributed by atoms with Crippen molar-refractivity contribution in [3.05, 3.63) is 100 Å². The van der Waals surface area contributed by atoms with Gasteiger partial charge in [-0.25, -0.2) is 4.79 Å². The zero-order valence-electron chi connectivity index (χ0n) is 19.8. The Bertz CT molecular complexity index is 1480. The Morgan fingerprint density at radius 3 is 2.54 bits per heavy atom. The minimum absolute atomic E-state index is 0.00919. The molecular weight excluding hydrogens is 438 g/mol. The number of aromatic nitrogens is 7. The van der Waals surface area contributed by atoms with Crippen molar-refractivity contribution >= 4 is 0 Å². The Balaban J connectivity index is 1.48. The van der Waals surface area contributed by atoms with E-state index >= 15 is 0 Å². The summed E-state index contributed by atoms with van der Waals surface area (Å²) >= 11 is 0. The van der Waals surface area contributed by atoms with Gasteiger partial charge in [-0.15, -0.1) is 10.2 Å². The van der Waals surface area contributed by atoms with Gasteiger partial charge in [-0.05, 0) is 46.9 Å². The molecule has 0 radical (unpaired) electrons. The van der Waals surface area contributed by atoms with Crippen LogP contribution in [0.25, 0.3) is 28.3 Å². The molecule has 8 heteroatoms. The third kappa shape index (κ3) is 4.42. The summed E-state index contributed by atoms with van der Waals surface area (Å²) < 4.78 is 3.69. The van der Waals surface area contributed by atoms with Crippen LogP contribution in [0.5, 0.6) is 0 Å². The Labute approximate surface area is 203 Å². The van der Waals surface area contributed by atoms with Crippen LogP contribution in [0.3, 0.4) is 0 Å². The van der Waals surface area contributed by atoms with Crippen LogP contribution in [0.4, 0.5) is 0 Å². The zero-order valence-corrected chi connectivity index (χ0v) is 19.8. The summed E-state index contributed by atoms with van der Waals surface area (Å²) in [5, 5.41) is 14.3. The highest BCUT2D eigenvalue weighted by molar-refractivity contribution is 5.77. The first-order valence-electron chi connectivity index (χ1n) is 11.9.